The average Bonchev–Trinajstić information content (AvgIpc) is 2.26. The second-order valence-corrected chi connectivity index (χ2v) is 3.76. The van der Waals surface area contributed by atoms with Crippen LogP contribution in [0.15, 0.2) is 24.3 Å². The van der Waals surface area contributed by atoms with Crippen LogP contribution in [0.1, 0.15) is 12.5 Å². The number of hydrogen-bond acceptors (Lipinski definition) is 3. The Morgan fingerprint density at radius 3 is 2.94 bits per heavy atom. The summed E-state index contributed by atoms with van der Waals surface area (Å²) in [5, 5.41) is 11.4. The first-order valence-corrected chi connectivity index (χ1v) is 5.21. The Labute approximate surface area is 95.2 Å². The number of rotatable bonds is 5. The van der Waals surface area contributed by atoms with Crippen molar-refractivity contribution in [2.24, 2.45) is 0 Å². The van der Waals surface area contributed by atoms with Crippen molar-refractivity contribution in [2.75, 3.05) is 13.2 Å². The normalized spacial score (nSPS) is 11.9. The topological polar surface area (TPSA) is 58.6 Å². The number of amides is 1. The maximum atomic E-state index is 11.3. The van der Waals surface area contributed by atoms with E-state index in [2.05, 4.69) is 5.32 Å². The van der Waals surface area contributed by atoms with Gasteiger partial charge in [0.1, 0.15) is 5.75 Å². The smallest absolute Gasteiger partial charge is 0.258 e. The van der Waals surface area contributed by atoms with Gasteiger partial charge in [0.2, 0.25) is 0 Å². The van der Waals surface area contributed by atoms with Crippen LogP contribution in [0.25, 0.3) is 0 Å². The van der Waals surface area contributed by atoms with Gasteiger partial charge in [0.05, 0.1) is 6.61 Å². The Morgan fingerprint density at radius 2 is 2.31 bits per heavy atom. The molecular formula is C12H17NO3. The van der Waals surface area contributed by atoms with Gasteiger partial charge in [-0.05, 0) is 31.5 Å². The van der Waals surface area contributed by atoms with Crippen molar-refractivity contribution < 1.29 is 14.6 Å². The van der Waals surface area contributed by atoms with Crippen LogP contribution in [0.4, 0.5) is 0 Å². The average molecular weight is 223 g/mol. The van der Waals surface area contributed by atoms with Crippen molar-refractivity contribution in [3.8, 4) is 5.75 Å². The Bertz CT molecular complexity index is 352. The van der Waals surface area contributed by atoms with Crippen LogP contribution in [-0.2, 0) is 4.79 Å². The Kier molecular flexibility index (Phi) is 4.79. The molecule has 1 atom stereocenters. The van der Waals surface area contributed by atoms with Crippen LogP contribution < -0.4 is 10.1 Å². The molecule has 16 heavy (non-hydrogen) atoms. The molecule has 0 aliphatic carbocycles. The molecule has 2 N–H and O–H groups in total. The standard InChI is InChI=1S/C12H17NO3/c1-9-4-3-5-11(6-9)16-8-12(15)13-10(2)7-14/h3-6,10,14H,7-8H2,1-2H3,(H,13,15)/t10-/m1/s1. The predicted octanol–water partition coefficient (Wildman–Crippen LogP) is 0.871. The minimum Gasteiger partial charge on any atom is -0.484 e. The van der Waals surface area contributed by atoms with E-state index in [1.54, 1.807) is 13.0 Å². The van der Waals surface area contributed by atoms with Gasteiger partial charge in [-0.3, -0.25) is 4.79 Å². The second kappa shape index (κ2) is 6.12. The molecule has 0 aliphatic rings. The van der Waals surface area contributed by atoms with Crippen LogP contribution in [-0.4, -0.2) is 30.3 Å². The quantitative estimate of drug-likeness (QED) is 0.778. The molecule has 0 unspecified atom stereocenters. The summed E-state index contributed by atoms with van der Waals surface area (Å²) in [6.45, 7) is 3.58. The molecule has 1 aromatic carbocycles. The zero-order valence-electron chi connectivity index (χ0n) is 9.56. The van der Waals surface area contributed by atoms with Gasteiger partial charge in [0.25, 0.3) is 5.91 Å². The summed E-state index contributed by atoms with van der Waals surface area (Å²) in [6, 6.07) is 7.26. The van der Waals surface area contributed by atoms with E-state index in [0.717, 1.165) is 5.56 Å². The van der Waals surface area contributed by atoms with E-state index in [4.69, 9.17) is 9.84 Å². The monoisotopic (exact) mass is 223 g/mol. The third kappa shape index (κ3) is 4.31. The summed E-state index contributed by atoms with van der Waals surface area (Å²) in [5.74, 6) is 0.440. The minimum absolute atomic E-state index is 0.0339. The van der Waals surface area contributed by atoms with E-state index in [1.165, 1.54) is 0 Å². The Morgan fingerprint density at radius 1 is 1.56 bits per heavy atom. The van der Waals surface area contributed by atoms with Gasteiger partial charge in [-0.25, -0.2) is 0 Å². The zero-order valence-corrected chi connectivity index (χ0v) is 9.56. The predicted molar refractivity (Wildman–Crippen MR) is 61.4 cm³/mol. The van der Waals surface area contributed by atoms with Gasteiger partial charge in [-0.2, -0.15) is 0 Å². The molecule has 0 aliphatic heterocycles. The molecule has 4 heteroatoms. The van der Waals surface area contributed by atoms with Crippen LogP contribution in [0, 0.1) is 6.92 Å². The lowest BCUT2D eigenvalue weighted by Gasteiger charge is -2.11. The highest BCUT2D eigenvalue weighted by Crippen LogP contribution is 2.11. The maximum Gasteiger partial charge on any atom is 0.258 e. The second-order valence-electron chi connectivity index (χ2n) is 3.76. The molecule has 1 amide bonds. The fraction of sp³-hybridized carbons (Fsp3) is 0.417. The molecule has 0 saturated carbocycles. The maximum absolute atomic E-state index is 11.3. The minimum atomic E-state index is -0.242. The van der Waals surface area contributed by atoms with Crippen molar-refractivity contribution in [1.29, 1.82) is 0 Å². The molecule has 0 bridgehead atoms. The number of nitrogens with one attached hydrogen (secondary N) is 1. The van der Waals surface area contributed by atoms with Crippen molar-refractivity contribution in [3.63, 3.8) is 0 Å². The molecule has 0 heterocycles. The van der Waals surface area contributed by atoms with Gasteiger partial charge in [0.15, 0.2) is 6.61 Å². The third-order valence-electron chi connectivity index (χ3n) is 2.04. The summed E-state index contributed by atoms with van der Waals surface area (Å²) in [6.07, 6.45) is 0. The fourth-order valence-corrected chi connectivity index (χ4v) is 1.22. The van der Waals surface area contributed by atoms with Gasteiger partial charge in [-0.1, -0.05) is 12.1 Å². The number of aryl methyl sites for hydroxylation is 1. The van der Waals surface area contributed by atoms with Crippen LogP contribution in [0.3, 0.4) is 0 Å². The molecule has 0 fully saturated rings. The number of hydrogen-bond donors (Lipinski definition) is 2. The highest BCUT2D eigenvalue weighted by Gasteiger charge is 2.06. The molecule has 0 spiro atoms. The molecule has 0 aromatic heterocycles. The van der Waals surface area contributed by atoms with Crippen molar-refractivity contribution >= 4 is 5.91 Å². The molecule has 0 radical (unpaired) electrons. The zero-order chi connectivity index (χ0) is 12.0. The highest BCUT2D eigenvalue weighted by molar-refractivity contribution is 5.77. The van der Waals surface area contributed by atoms with E-state index in [-0.39, 0.29) is 25.2 Å². The molecule has 1 aromatic rings. The first kappa shape index (κ1) is 12.5. The highest BCUT2D eigenvalue weighted by atomic mass is 16.5. The Balaban J connectivity index is 2.37. The molecular weight excluding hydrogens is 206 g/mol. The van der Waals surface area contributed by atoms with E-state index in [9.17, 15) is 4.79 Å². The lowest BCUT2D eigenvalue weighted by atomic mass is 10.2. The molecule has 4 nitrogen and oxygen atoms in total. The summed E-state index contributed by atoms with van der Waals surface area (Å²) in [5.41, 5.74) is 1.08. The largest absolute Gasteiger partial charge is 0.484 e. The number of carbonyl (C=O) groups excluding carboxylic acids is 1. The van der Waals surface area contributed by atoms with Crippen LogP contribution in [0.2, 0.25) is 0 Å². The third-order valence-corrected chi connectivity index (χ3v) is 2.04. The van der Waals surface area contributed by atoms with Gasteiger partial charge in [0, 0.05) is 6.04 Å². The number of carbonyl (C=O) groups is 1. The summed E-state index contributed by atoms with van der Waals surface area (Å²) < 4.78 is 5.30. The number of aliphatic hydroxyl groups is 1. The first-order valence-electron chi connectivity index (χ1n) is 5.21. The fourth-order valence-electron chi connectivity index (χ4n) is 1.22. The number of benzene rings is 1. The van der Waals surface area contributed by atoms with Gasteiger partial charge in [-0.15, -0.1) is 0 Å². The van der Waals surface area contributed by atoms with Crippen LogP contribution >= 0.6 is 0 Å². The van der Waals surface area contributed by atoms with E-state index in [1.807, 2.05) is 25.1 Å². The number of ether oxygens (including phenoxy) is 1. The van der Waals surface area contributed by atoms with Crippen molar-refractivity contribution in [3.05, 3.63) is 29.8 Å². The van der Waals surface area contributed by atoms with E-state index in [0.29, 0.717) is 5.75 Å². The molecule has 0 saturated heterocycles. The van der Waals surface area contributed by atoms with Crippen LogP contribution in [0.5, 0.6) is 5.75 Å². The summed E-state index contributed by atoms with van der Waals surface area (Å²) in [7, 11) is 0. The van der Waals surface area contributed by atoms with Gasteiger partial charge >= 0.3 is 0 Å². The lowest BCUT2D eigenvalue weighted by molar-refractivity contribution is -0.123. The molecule has 1 rings (SSSR count). The van der Waals surface area contributed by atoms with Crippen molar-refractivity contribution in [2.45, 2.75) is 19.9 Å². The van der Waals surface area contributed by atoms with Gasteiger partial charge < -0.3 is 15.2 Å². The lowest BCUT2D eigenvalue weighted by Crippen LogP contribution is -2.38. The summed E-state index contributed by atoms with van der Waals surface area (Å²) >= 11 is 0. The van der Waals surface area contributed by atoms with E-state index < -0.39 is 0 Å². The van der Waals surface area contributed by atoms with E-state index >= 15 is 0 Å². The first-order chi connectivity index (χ1) is 7.61. The number of aliphatic hydroxyl groups excluding tert-OH is 1. The molecule has 88 valence electrons. The summed E-state index contributed by atoms with van der Waals surface area (Å²) in [4.78, 5) is 11.3. The Hall–Kier alpha value is -1.55. The van der Waals surface area contributed by atoms with Crippen molar-refractivity contribution in [1.82, 2.24) is 5.32 Å². The SMILES string of the molecule is Cc1cccc(OCC(=O)N[C@H](C)CO)c1.